The first kappa shape index (κ1) is 28.0. The van der Waals surface area contributed by atoms with Crippen molar-refractivity contribution in [2.75, 3.05) is 24.6 Å². The largest absolute Gasteiger partial charge is 0.480 e. The molecule has 0 bridgehead atoms. The predicted molar refractivity (Wildman–Crippen MR) is 159 cm³/mol. The van der Waals surface area contributed by atoms with Crippen LogP contribution in [-0.2, 0) is 16.1 Å². The number of nitrogens with zero attached hydrogens (tertiary/aromatic N) is 3. The molecule has 8 nitrogen and oxygen atoms in total. The first-order valence-electron chi connectivity index (χ1n) is 13.9. The minimum atomic E-state index is -1.23. The summed E-state index contributed by atoms with van der Waals surface area (Å²) >= 11 is 0. The number of piperidine rings is 1. The third kappa shape index (κ3) is 7.35. The maximum Gasteiger partial charge on any atom is 0.328 e. The second-order valence-corrected chi connectivity index (χ2v) is 10.4. The fourth-order valence-corrected chi connectivity index (χ4v) is 4.80. The average molecular weight is 551 g/mol. The van der Waals surface area contributed by atoms with Crippen molar-refractivity contribution in [3.8, 4) is 22.5 Å². The summed E-state index contributed by atoms with van der Waals surface area (Å²) in [6.07, 6.45) is 2.07. The van der Waals surface area contributed by atoms with Crippen molar-refractivity contribution in [3.05, 3.63) is 102 Å². The van der Waals surface area contributed by atoms with Gasteiger partial charge in [-0.2, -0.15) is 0 Å². The third-order valence-electron chi connectivity index (χ3n) is 7.30. The van der Waals surface area contributed by atoms with Crippen molar-refractivity contribution in [3.63, 3.8) is 0 Å². The number of hydrogen-bond donors (Lipinski definition) is 2. The second kappa shape index (κ2) is 13.2. The molecule has 4 aromatic rings. The monoisotopic (exact) mass is 550 g/mol. The molecule has 2 heterocycles. The van der Waals surface area contributed by atoms with Gasteiger partial charge in [-0.25, -0.2) is 14.8 Å². The van der Waals surface area contributed by atoms with Gasteiger partial charge in [-0.1, -0.05) is 91.9 Å². The van der Waals surface area contributed by atoms with Gasteiger partial charge in [-0.15, -0.1) is 0 Å². The highest BCUT2D eigenvalue weighted by molar-refractivity contribution is 5.96. The molecule has 1 aliphatic rings. The highest BCUT2D eigenvalue weighted by atomic mass is 16.5. The molecule has 0 saturated carbocycles. The summed E-state index contributed by atoms with van der Waals surface area (Å²) in [6, 6.07) is 27.9. The van der Waals surface area contributed by atoms with Gasteiger partial charge in [0.15, 0.2) is 11.9 Å². The van der Waals surface area contributed by atoms with E-state index in [-0.39, 0.29) is 18.9 Å². The van der Waals surface area contributed by atoms with Crippen LogP contribution in [0.25, 0.3) is 22.5 Å². The molecule has 0 aliphatic carbocycles. The van der Waals surface area contributed by atoms with E-state index in [2.05, 4.69) is 22.1 Å². The highest BCUT2D eigenvalue weighted by Gasteiger charge is 2.25. The SMILES string of the molecule is CC1CCN(c2cc(C(=O)N[C@@H](COCc3ccccc3)C(=O)O)nc(-c3ccc(-c4ccccc4)cc3)n2)CC1. The molecule has 8 heteroatoms. The molecule has 1 aromatic heterocycles. The topological polar surface area (TPSA) is 105 Å². The Labute approximate surface area is 240 Å². The number of carbonyl (C=O) groups is 2. The Morgan fingerprint density at radius 1 is 0.902 bits per heavy atom. The van der Waals surface area contributed by atoms with Gasteiger partial charge < -0.3 is 20.1 Å². The van der Waals surface area contributed by atoms with Crippen LogP contribution >= 0.6 is 0 Å². The Hall–Kier alpha value is -4.56. The fourth-order valence-electron chi connectivity index (χ4n) is 4.80. The van der Waals surface area contributed by atoms with Crippen molar-refractivity contribution in [1.29, 1.82) is 0 Å². The van der Waals surface area contributed by atoms with Crippen LogP contribution in [-0.4, -0.2) is 52.7 Å². The van der Waals surface area contributed by atoms with Gasteiger partial charge in [0, 0.05) is 24.7 Å². The molecule has 1 aliphatic heterocycles. The molecule has 1 amide bonds. The van der Waals surface area contributed by atoms with Gasteiger partial charge in [0.2, 0.25) is 0 Å². The van der Waals surface area contributed by atoms with E-state index in [4.69, 9.17) is 9.72 Å². The van der Waals surface area contributed by atoms with Crippen LogP contribution in [0.1, 0.15) is 35.8 Å². The molecule has 5 rings (SSSR count). The molecule has 0 radical (unpaired) electrons. The number of carbonyl (C=O) groups excluding carboxylic acids is 1. The van der Waals surface area contributed by atoms with Crippen molar-refractivity contribution in [2.24, 2.45) is 5.92 Å². The molecule has 210 valence electrons. The number of aromatic nitrogens is 2. The van der Waals surface area contributed by atoms with Gasteiger partial charge in [-0.3, -0.25) is 4.79 Å². The van der Waals surface area contributed by atoms with E-state index in [0.29, 0.717) is 17.6 Å². The summed E-state index contributed by atoms with van der Waals surface area (Å²) in [7, 11) is 0. The van der Waals surface area contributed by atoms with Gasteiger partial charge >= 0.3 is 5.97 Å². The molecule has 1 saturated heterocycles. The standard InChI is InChI=1S/C33H34N4O4/c1-23-16-18-37(19-17-23)30-20-28(32(38)35-29(33(39)40)22-41-21-24-8-4-2-5-9-24)34-31(36-30)27-14-12-26(13-15-27)25-10-6-3-7-11-25/h2-15,20,23,29H,16-19,21-22H2,1H3,(H,35,38)(H,39,40)/t29-/m0/s1. The molecule has 2 N–H and O–H groups in total. The quantitative estimate of drug-likeness (QED) is 0.271. The number of anilines is 1. The van der Waals surface area contributed by atoms with Crippen LogP contribution in [0.15, 0.2) is 91.0 Å². The summed E-state index contributed by atoms with van der Waals surface area (Å²) in [5, 5.41) is 12.4. The first-order chi connectivity index (χ1) is 20.0. The maximum absolute atomic E-state index is 13.4. The number of carboxylic acid groups (broad SMARTS) is 1. The van der Waals surface area contributed by atoms with Crippen LogP contribution in [0.4, 0.5) is 5.82 Å². The number of ether oxygens (including phenoxy) is 1. The molecular weight excluding hydrogens is 516 g/mol. The Morgan fingerprint density at radius 3 is 2.17 bits per heavy atom. The summed E-state index contributed by atoms with van der Waals surface area (Å²) in [6.45, 7) is 3.97. The lowest BCUT2D eigenvalue weighted by Crippen LogP contribution is -2.44. The normalized spacial score (nSPS) is 14.4. The van der Waals surface area contributed by atoms with E-state index in [1.807, 2.05) is 84.9 Å². The number of rotatable bonds is 10. The molecule has 1 fully saturated rings. The van der Waals surface area contributed by atoms with E-state index in [9.17, 15) is 14.7 Å². The molecule has 3 aromatic carbocycles. The van der Waals surface area contributed by atoms with Crippen molar-refractivity contribution < 1.29 is 19.4 Å². The van der Waals surface area contributed by atoms with Crippen molar-refractivity contribution in [1.82, 2.24) is 15.3 Å². The number of aliphatic carboxylic acids is 1. The number of carboxylic acids is 1. The van der Waals surface area contributed by atoms with Crippen molar-refractivity contribution >= 4 is 17.7 Å². The lowest BCUT2D eigenvalue weighted by Gasteiger charge is -2.31. The van der Waals surface area contributed by atoms with Gasteiger partial charge in [-0.05, 0) is 35.4 Å². The molecule has 0 spiro atoms. The lowest BCUT2D eigenvalue weighted by molar-refractivity contribution is -0.141. The molecule has 0 unspecified atom stereocenters. The van der Waals surface area contributed by atoms with Gasteiger partial charge in [0.05, 0.1) is 13.2 Å². The van der Waals surface area contributed by atoms with Gasteiger partial charge in [0.1, 0.15) is 11.5 Å². The van der Waals surface area contributed by atoms with E-state index in [1.54, 1.807) is 6.07 Å². The van der Waals surface area contributed by atoms with Crippen molar-refractivity contribution in [2.45, 2.75) is 32.4 Å². The number of nitrogens with one attached hydrogen (secondary N) is 1. The molecular formula is C33H34N4O4. The third-order valence-corrected chi connectivity index (χ3v) is 7.30. The van der Waals surface area contributed by atoms with E-state index in [1.165, 1.54) is 0 Å². The molecule has 1 atom stereocenters. The Morgan fingerprint density at radius 2 is 1.51 bits per heavy atom. The number of amides is 1. The van der Waals surface area contributed by atoms with E-state index >= 15 is 0 Å². The Balaban J connectivity index is 1.38. The van der Waals surface area contributed by atoms with Crippen LogP contribution in [0.5, 0.6) is 0 Å². The molecule has 41 heavy (non-hydrogen) atoms. The maximum atomic E-state index is 13.4. The zero-order valence-corrected chi connectivity index (χ0v) is 23.1. The summed E-state index contributed by atoms with van der Waals surface area (Å²) in [4.78, 5) is 36.9. The van der Waals surface area contributed by atoms with Crippen LogP contribution in [0, 0.1) is 5.92 Å². The van der Waals surface area contributed by atoms with E-state index in [0.717, 1.165) is 48.2 Å². The van der Waals surface area contributed by atoms with Crippen LogP contribution < -0.4 is 10.2 Å². The number of benzene rings is 3. The number of hydrogen-bond acceptors (Lipinski definition) is 6. The van der Waals surface area contributed by atoms with Crippen LogP contribution in [0.2, 0.25) is 0 Å². The summed E-state index contributed by atoms with van der Waals surface area (Å²) in [5.74, 6) is -0.0585. The Bertz CT molecular complexity index is 1450. The average Bonchev–Trinajstić information content (AvgIpc) is 3.01. The lowest BCUT2D eigenvalue weighted by atomic mass is 9.99. The smallest absolute Gasteiger partial charge is 0.328 e. The second-order valence-electron chi connectivity index (χ2n) is 10.4. The first-order valence-corrected chi connectivity index (χ1v) is 13.9. The predicted octanol–water partition coefficient (Wildman–Crippen LogP) is 5.45. The zero-order valence-electron chi connectivity index (χ0n) is 23.1. The zero-order chi connectivity index (χ0) is 28.6. The van der Waals surface area contributed by atoms with Crippen LogP contribution in [0.3, 0.4) is 0 Å². The minimum absolute atomic E-state index is 0.116. The van der Waals surface area contributed by atoms with Gasteiger partial charge in [0.25, 0.3) is 5.91 Å². The summed E-state index contributed by atoms with van der Waals surface area (Å²) in [5.41, 5.74) is 3.97. The fraction of sp³-hybridized carbons (Fsp3) is 0.273. The highest BCUT2D eigenvalue weighted by Crippen LogP contribution is 2.27. The Kier molecular flexibility index (Phi) is 9.01. The minimum Gasteiger partial charge on any atom is -0.480 e. The van der Waals surface area contributed by atoms with E-state index < -0.39 is 17.9 Å². The summed E-state index contributed by atoms with van der Waals surface area (Å²) < 4.78 is 5.61.